The highest BCUT2D eigenvalue weighted by molar-refractivity contribution is 5.64. The molecule has 5 nitrogen and oxygen atoms in total. The fraction of sp³-hybridized carbons (Fsp3) is 0.176. The van der Waals surface area contributed by atoms with Crippen LogP contribution in [0.1, 0.15) is 6.42 Å². The summed E-state index contributed by atoms with van der Waals surface area (Å²) in [4.78, 5) is 0. The van der Waals surface area contributed by atoms with Crippen molar-refractivity contribution in [2.45, 2.75) is 6.42 Å². The van der Waals surface area contributed by atoms with E-state index in [9.17, 15) is 4.39 Å². The first-order valence-corrected chi connectivity index (χ1v) is 7.54. The molecule has 116 valence electrons. The molecule has 3 N–H and O–H groups in total. The molecule has 0 spiro atoms. The molecule has 1 saturated heterocycles. The number of halogens is 1. The van der Waals surface area contributed by atoms with Gasteiger partial charge in [-0.3, -0.25) is 10.9 Å². The fourth-order valence-electron chi connectivity index (χ4n) is 3.42. The summed E-state index contributed by atoms with van der Waals surface area (Å²) < 4.78 is 24.8. The highest BCUT2D eigenvalue weighted by Gasteiger charge is 2.41. The Balaban J connectivity index is 1.56. The molecule has 6 heteroatoms. The van der Waals surface area contributed by atoms with E-state index in [1.54, 1.807) is 12.3 Å². The third-order valence-electron chi connectivity index (χ3n) is 4.41. The van der Waals surface area contributed by atoms with Crippen LogP contribution in [0.15, 0.2) is 70.8 Å². The summed E-state index contributed by atoms with van der Waals surface area (Å²) in [6.45, 7) is 0.729. The average Bonchev–Trinajstić information content (AvgIpc) is 3.21. The maximum Gasteiger partial charge on any atom is 0.134 e. The number of rotatable bonds is 2. The SMILES string of the molecule is Fc1cccc(NC2=C3C(=COC4=C3C3CCOC3=C4)NN2)c1. The largest absolute Gasteiger partial charge is 0.497 e. The van der Waals surface area contributed by atoms with Crippen LogP contribution in [0.5, 0.6) is 0 Å². The summed E-state index contributed by atoms with van der Waals surface area (Å²) in [5.41, 5.74) is 9.90. The van der Waals surface area contributed by atoms with Gasteiger partial charge in [-0.25, -0.2) is 4.39 Å². The lowest BCUT2D eigenvalue weighted by Gasteiger charge is -2.19. The smallest absolute Gasteiger partial charge is 0.134 e. The van der Waals surface area contributed by atoms with Crippen molar-refractivity contribution in [3.63, 3.8) is 0 Å². The second-order valence-electron chi connectivity index (χ2n) is 5.80. The second-order valence-corrected chi connectivity index (χ2v) is 5.80. The number of benzene rings is 1. The quantitative estimate of drug-likeness (QED) is 0.784. The number of hydrogen-bond donors (Lipinski definition) is 3. The van der Waals surface area contributed by atoms with E-state index in [4.69, 9.17) is 9.47 Å². The number of ether oxygens (including phenoxy) is 2. The molecule has 0 aromatic heterocycles. The Morgan fingerprint density at radius 2 is 2.22 bits per heavy atom. The van der Waals surface area contributed by atoms with Crippen LogP contribution in [0.3, 0.4) is 0 Å². The van der Waals surface area contributed by atoms with Gasteiger partial charge in [0.05, 0.1) is 12.2 Å². The van der Waals surface area contributed by atoms with Gasteiger partial charge in [-0.15, -0.1) is 0 Å². The first-order chi connectivity index (χ1) is 11.3. The molecule has 1 fully saturated rings. The van der Waals surface area contributed by atoms with Crippen LogP contribution in [0.25, 0.3) is 0 Å². The Hall–Kier alpha value is -2.89. The van der Waals surface area contributed by atoms with Crippen molar-refractivity contribution in [2.75, 3.05) is 11.9 Å². The predicted octanol–water partition coefficient (Wildman–Crippen LogP) is 2.62. The zero-order valence-corrected chi connectivity index (χ0v) is 12.2. The number of nitrogens with one attached hydrogen (secondary N) is 3. The number of hydrazine groups is 1. The summed E-state index contributed by atoms with van der Waals surface area (Å²) in [5.74, 6) is 2.54. The highest BCUT2D eigenvalue weighted by atomic mass is 19.1. The van der Waals surface area contributed by atoms with Crippen molar-refractivity contribution in [2.24, 2.45) is 5.92 Å². The summed E-state index contributed by atoms with van der Waals surface area (Å²) in [7, 11) is 0. The Bertz CT molecular complexity index is 838. The molecule has 1 aromatic carbocycles. The number of anilines is 1. The van der Waals surface area contributed by atoms with Crippen LogP contribution in [-0.4, -0.2) is 6.61 Å². The van der Waals surface area contributed by atoms with Crippen molar-refractivity contribution in [1.82, 2.24) is 10.9 Å². The maximum absolute atomic E-state index is 13.4. The molecule has 0 saturated carbocycles. The van der Waals surface area contributed by atoms with Gasteiger partial charge in [0.25, 0.3) is 0 Å². The minimum absolute atomic E-state index is 0.231. The van der Waals surface area contributed by atoms with Crippen LogP contribution in [-0.2, 0) is 9.47 Å². The molecule has 3 heterocycles. The first kappa shape index (κ1) is 12.6. The van der Waals surface area contributed by atoms with E-state index in [0.717, 1.165) is 47.2 Å². The van der Waals surface area contributed by atoms with Crippen molar-refractivity contribution >= 4 is 5.69 Å². The van der Waals surface area contributed by atoms with Gasteiger partial charge in [0.15, 0.2) is 0 Å². The molecular formula is C17H14FN3O2. The van der Waals surface area contributed by atoms with Crippen molar-refractivity contribution < 1.29 is 13.9 Å². The summed E-state index contributed by atoms with van der Waals surface area (Å²) in [5, 5.41) is 3.24. The second kappa shape index (κ2) is 4.55. The number of hydrogen-bond acceptors (Lipinski definition) is 5. The topological polar surface area (TPSA) is 54.5 Å². The monoisotopic (exact) mass is 311 g/mol. The van der Waals surface area contributed by atoms with Gasteiger partial charge >= 0.3 is 0 Å². The minimum Gasteiger partial charge on any atom is -0.497 e. The predicted molar refractivity (Wildman–Crippen MR) is 81.7 cm³/mol. The van der Waals surface area contributed by atoms with E-state index in [1.807, 2.05) is 12.1 Å². The molecule has 23 heavy (non-hydrogen) atoms. The molecule has 4 aliphatic rings. The Morgan fingerprint density at radius 1 is 1.26 bits per heavy atom. The standard InChI is InChI=1S/C17H14FN3O2/c18-9-2-1-3-10(6-9)19-17-16-12(20-21-17)8-23-14-7-13-11(15(14)16)4-5-22-13/h1-3,6-8,11,19-21H,4-5H2. The molecular weight excluding hydrogens is 297 g/mol. The normalized spacial score (nSPS) is 23.8. The Morgan fingerprint density at radius 3 is 3.13 bits per heavy atom. The van der Waals surface area contributed by atoms with Crippen LogP contribution in [0, 0.1) is 11.7 Å². The van der Waals surface area contributed by atoms with Gasteiger partial charge in [0, 0.05) is 23.3 Å². The van der Waals surface area contributed by atoms with E-state index in [-0.39, 0.29) is 11.7 Å². The average molecular weight is 311 g/mol. The maximum atomic E-state index is 13.4. The van der Waals surface area contributed by atoms with E-state index < -0.39 is 0 Å². The van der Waals surface area contributed by atoms with Gasteiger partial charge in [-0.2, -0.15) is 0 Å². The third-order valence-corrected chi connectivity index (χ3v) is 4.41. The first-order valence-electron chi connectivity index (χ1n) is 7.54. The molecule has 0 radical (unpaired) electrons. The molecule has 5 rings (SSSR count). The molecule has 0 amide bonds. The molecule has 3 aliphatic heterocycles. The Labute approximate surface area is 132 Å². The van der Waals surface area contributed by atoms with E-state index in [1.165, 1.54) is 12.1 Å². The summed E-state index contributed by atoms with van der Waals surface area (Å²) in [6.07, 6.45) is 4.59. The lowest BCUT2D eigenvalue weighted by atomic mass is 9.90. The fourth-order valence-corrected chi connectivity index (χ4v) is 3.42. The van der Waals surface area contributed by atoms with Gasteiger partial charge in [-0.1, -0.05) is 6.07 Å². The Kier molecular flexibility index (Phi) is 2.50. The van der Waals surface area contributed by atoms with Crippen molar-refractivity contribution in [3.8, 4) is 0 Å². The van der Waals surface area contributed by atoms with Crippen molar-refractivity contribution in [3.05, 3.63) is 76.6 Å². The molecule has 1 aromatic rings. The van der Waals surface area contributed by atoms with Gasteiger partial charge in [-0.05, 0) is 24.6 Å². The number of fused-ring (bicyclic) bond motifs is 4. The van der Waals surface area contributed by atoms with E-state index in [0.29, 0.717) is 5.69 Å². The lowest BCUT2D eigenvalue weighted by molar-refractivity contribution is 0.260. The van der Waals surface area contributed by atoms with Crippen LogP contribution < -0.4 is 16.2 Å². The van der Waals surface area contributed by atoms with E-state index in [2.05, 4.69) is 16.2 Å². The summed E-state index contributed by atoms with van der Waals surface area (Å²) in [6, 6.07) is 6.39. The summed E-state index contributed by atoms with van der Waals surface area (Å²) >= 11 is 0. The number of allylic oxidation sites excluding steroid dienone is 3. The molecule has 1 unspecified atom stereocenters. The van der Waals surface area contributed by atoms with Gasteiger partial charge in [0.2, 0.25) is 0 Å². The van der Waals surface area contributed by atoms with Gasteiger partial charge in [0.1, 0.15) is 35.1 Å². The van der Waals surface area contributed by atoms with Crippen LogP contribution in [0.2, 0.25) is 0 Å². The zero-order valence-electron chi connectivity index (χ0n) is 12.2. The van der Waals surface area contributed by atoms with E-state index >= 15 is 0 Å². The molecule has 0 bridgehead atoms. The lowest BCUT2D eigenvalue weighted by Crippen LogP contribution is -2.26. The van der Waals surface area contributed by atoms with Crippen LogP contribution in [0.4, 0.5) is 10.1 Å². The zero-order chi connectivity index (χ0) is 15.4. The van der Waals surface area contributed by atoms with Crippen molar-refractivity contribution in [1.29, 1.82) is 0 Å². The molecule has 1 atom stereocenters. The third kappa shape index (κ3) is 1.84. The molecule has 1 aliphatic carbocycles. The van der Waals surface area contributed by atoms with Crippen LogP contribution >= 0.6 is 0 Å². The highest BCUT2D eigenvalue weighted by Crippen LogP contribution is 2.47. The van der Waals surface area contributed by atoms with Gasteiger partial charge < -0.3 is 14.8 Å². The minimum atomic E-state index is -0.275.